The first-order valence-corrected chi connectivity index (χ1v) is 12.7. The van der Waals surface area contributed by atoms with Gasteiger partial charge in [0, 0.05) is 23.9 Å². The normalized spacial score (nSPS) is 17.2. The van der Waals surface area contributed by atoms with Gasteiger partial charge in [-0.1, -0.05) is 25.3 Å². The van der Waals surface area contributed by atoms with Gasteiger partial charge < -0.3 is 4.90 Å². The van der Waals surface area contributed by atoms with E-state index in [4.69, 9.17) is 4.98 Å². The molecular weight excluding hydrogens is 414 g/mol. The van der Waals surface area contributed by atoms with Crippen LogP contribution in [0, 0.1) is 6.92 Å². The number of aromatic nitrogens is 2. The van der Waals surface area contributed by atoms with Gasteiger partial charge in [0.2, 0.25) is 0 Å². The first-order chi connectivity index (χ1) is 14.6. The first kappa shape index (κ1) is 19.9. The van der Waals surface area contributed by atoms with Gasteiger partial charge >= 0.3 is 0 Å². The zero-order chi connectivity index (χ0) is 20.7. The number of hydrogen-bond donors (Lipinski definition) is 0. The van der Waals surface area contributed by atoms with E-state index in [1.165, 1.54) is 29.1 Å². The lowest BCUT2D eigenvalue weighted by atomic mass is 10.1. The Morgan fingerprint density at radius 1 is 1.23 bits per heavy atom. The highest BCUT2D eigenvalue weighted by atomic mass is 32.1. The Morgan fingerprint density at radius 3 is 2.83 bits per heavy atom. The van der Waals surface area contributed by atoms with E-state index in [9.17, 15) is 9.59 Å². The second kappa shape index (κ2) is 8.27. The molecule has 3 aromatic heterocycles. The largest absolute Gasteiger partial charge is 0.330 e. The summed E-state index contributed by atoms with van der Waals surface area (Å²) in [7, 11) is 0. The topological polar surface area (TPSA) is 55.2 Å². The molecule has 0 radical (unpaired) electrons. The predicted octanol–water partition coefficient (Wildman–Crippen LogP) is 5.14. The number of aryl methyl sites for hydroxylation is 2. The van der Waals surface area contributed by atoms with E-state index < -0.39 is 0 Å². The van der Waals surface area contributed by atoms with Crippen LogP contribution >= 0.6 is 22.7 Å². The van der Waals surface area contributed by atoms with Crippen LogP contribution in [0.2, 0.25) is 0 Å². The number of carbonyl (C=O) groups excluding carboxylic acids is 1. The lowest BCUT2D eigenvalue weighted by Gasteiger charge is -2.28. The van der Waals surface area contributed by atoms with Crippen molar-refractivity contribution in [2.45, 2.75) is 77.4 Å². The molecule has 3 aromatic rings. The molecule has 0 saturated heterocycles. The molecule has 1 amide bonds. The SMILES string of the molecule is Cc1c(C(=O)N(Cc2cccs2)C2CCCC2)sc2nc3n(c(=O)c12)CCCCC3. The van der Waals surface area contributed by atoms with E-state index in [0.717, 1.165) is 61.3 Å². The van der Waals surface area contributed by atoms with Crippen LogP contribution < -0.4 is 5.56 Å². The van der Waals surface area contributed by atoms with Crippen molar-refractivity contribution in [2.24, 2.45) is 0 Å². The van der Waals surface area contributed by atoms with Crippen molar-refractivity contribution in [2.75, 3.05) is 0 Å². The lowest BCUT2D eigenvalue weighted by molar-refractivity contribution is 0.0671. The van der Waals surface area contributed by atoms with Crippen molar-refractivity contribution in [3.63, 3.8) is 0 Å². The summed E-state index contributed by atoms with van der Waals surface area (Å²) in [6.45, 7) is 3.32. The van der Waals surface area contributed by atoms with Crippen molar-refractivity contribution >= 4 is 38.8 Å². The Labute approximate surface area is 184 Å². The van der Waals surface area contributed by atoms with Gasteiger partial charge in [0.05, 0.1) is 16.8 Å². The molecule has 2 aliphatic rings. The van der Waals surface area contributed by atoms with Crippen molar-refractivity contribution in [3.05, 3.63) is 49.0 Å². The average Bonchev–Trinajstić information content (AvgIpc) is 3.46. The summed E-state index contributed by atoms with van der Waals surface area (Å²) in [4.78, 5) is 36.5. The standard InChI is InChI=1S/C23H27N3O2S2/c1-15-19-21(24-18-11-3-2-6-12-25(18)22(19)27)30-20(15)23(28)26(16-8-4-5-9-16)14-17-10-7-13-29-17/h7,10,13,16H,2-6,8-9,11-12,14H2,1H3. The lowest BCUT2D eigenvalue weighted by Crippen LogP contribution is -2.38. The molecule has 0 spiro atoms. The summed E-state index contributed by atoms with van der Waals surface area (Å²) in [5, 5.41) is 2.71. The third-order valence-electron chi connectivity index (χ3n) is 6.54. The number of hydrogen-bond acceptors (Lipinski definition) is 5. The second-order valence-corrected chi connectivity index (χ2v) is 10.5. The van der Waals surface area contributed by atoms with Crippen LogP contribution in [0.25, 0.3) is 10.2 Å². The highest BCUT2D eigenvalue weighted by Crippen LogP contribution is 2.33. The molecule has 1 aliphatic heterocycles. The highest BCUT2D eigenvalue weighted by molar-refractivity contribution is 7.20. The van der Waals surface area contributed by atoms with E-state index in [-0.39, 0.29) is 17.5 Å². The third-order valence-corrected chi connectivity index (χ3v) is 8.57. The zero-order valence-electron chi connectivity index (χ0n) is 17.4. The summed E-state index contributed by atoms with van der Waals surface area (Å²) < 4.78 is 1.85. The van der Waals surface area contributed by atoms with Crippen LogP contribution in [-0.2, 0) is 19.5 Å². The number of amides is 1. The maximum absolute atomic E-state index is 13.7. The molecule has 5 nitrogen and oxygen atoms in total. The van der Waals surface area contributed by atoms with Gasteiger partial charge in [-0.05, 0) is 49.6 Å². The number of nitrogens with zero attached hydrogens (tertiary/aromatic N) is 3. The maximum atomic E-state index is 13.7. The Balaban J connectivity index is 1.57. The Morgan fingerprint density at radius 2 is 2.07 bits per heavy atom. The van der Waals surface area contributed by atoms with Crippen molar-refractivity contribution in [3.8, 4) is 0 Å². The minimum absolute atomic E-state index is 0.0374. The van der Waals surface area contributed by atoms with Gasteiger partial charge in [0.25, 0.3) is 11.5 Å². The van der Waals surface area contributed by atoms with Crippen molar-refractivity contribution in [1.82, 2.24) is 14.5 Å². The number of fused-ring (bicyclic) bond motifs is 2. The molecule has 0 aromatic carbocycles. The van der Waals surface area contributed by atoms with Crippen LogP contribution in [0.3, 0.4) is 0 Å². The van der Waals surface area contributed by atoms with Crippen LogP contribution in [-0.4, -0.2) is 26.4 Å². The molecule has 0 bridgehead atoms. The molecule has 30 heavy (non-hydrogen) atoms. The van der Waals surface area contributed by atoms with Gasteiger partial charge in [-0.25, -0.2) is 4.98 Å². The molecule has 158 valence electrons. The molecule has 1 aliphatic carbocycles. The number of thiophene rings is 2. The Hall–Kier alpha value is -1.99. The van der Waals surface area contributed by atoms with Crippen LogP contribution in [0.15, 0.2) is 22.3 Å². The molecule has 1 saturated carbocycles. The fourth-order valence-corrected chi connectivity index (χ4v) is 6.75. The monoisotopic (exact) mass is 441 g/mol. The molecule has 7 heteroatoms. The van der Waals surface area contributed by atoms with Crippen LogP contribution in [0.1, 0.15) is 70.9 Å². The summed E-state index contributed by atoms with van der Waals surface area (Å²) in [6.07, 6.45) is 8.57. The van der Waals surface area contributed by atoms with E-state index in [2.05, 4.69) is 16.3 Å². The quantitative estimate of drug-likeness (QED) is 0.563. The van der Waals surface area contributed by atoms with Gasteiger partial charge in [-0.15, -0.1) is 22.7 Å². The van der Waals surface area contributed by atoms with E-state index in [1.807, 2.05) is 17.6 Å². The fraction of sp³-hybridized carbons (Fsp3) is 0.522. The summed E-state index contributed by atoms with van der Waals surface area (Å²) in [5.41, 5.74) is 0.849. The van der Waals surface area contributed by atoms with Crippen LogP contribution in [0.5, 0.6) is 0 Å². The predicted molar refractivity (Wildman–Crippen MR) is 123 cm³/mol. The minimum atomic E-state index is 0.0374. The van der Waals surface area contributed by atoms with E-state index in [1.54, 1.807) is 11.3 Å². The molecule has 0 N–H and O–H groups in total. The van der Waals surface area contributed by atoms with E-state index >= 15 is 0 Å². The summed E-state index contributed by atoms with van der Waals surface area (Å²) in [5.74, 6) is 0.951. The molecule has 5 rings (SSSR count). The molecule has 1 fully saturated rings. The van der Waals surface area contributed by atoms with Gasteiger partial charge in [0.1, 0.15) is 10.7 Å². The molecule has 4 heterocycles. The summed E-state index contributed by atoms with van der Waals surface area (Å²) in [6, 6.07) is 4.43. The second-order valence-electron chi connectivity index (χ2n) is 8.48. The maximum Gasteiger partial charge on any atom is 0.264 e. The van der Waals surface area contributed by atoms with Gasteiger partial charge in [-0.2, -0.15) is 0 Å². The number of rotatable bonds is 4. The smallest absolute Gasteiger partial charge is 0.264 e. The Kier molecular flexibility index (Phi) is 5.50. The van der Waals surface area contributed by atoms with E-state index in [0.29, 0.717) is 16.8 Å². The first-order valence-electron chi connectivity index (χ1n) is 11.0. The highest BCUT2D eigenvalue weighted by Gasteiger charge is 2.31. The van der Waals surface area contributed by atoms with Gasteiger partial charge in [0.15, 0.2) is 0 Å². The van der Waals surface area contributed by atoms with Crippen molar-refractivity contribution in [1.29, 1.82) is 0 Å². The third kappa shape index (κ3) is 3.52. The van der Waals surface area contributed by atoms with Crippen molar-refractivity contribution < 1.29 is 4.79 Å². The fourth-order valence-electron chi connectivity index (χ4n) is 4.90. The van der Waals surface area contributed by atoms with Gasteiger partial charge in [-0.3, -0.25) is 14.2 Å². The molecule has 0 atom stereocenters. The zero-order valence-corrected chi connectivity index (χ0v) is 19.0. The van der Waals surface area contributed by atoms with Crippen LogP contribution in [0.4, 0.5) is 0 Å². The molecular formula is C23H27N3O2S2. The number of carbonyl (C=O) groups is 1. The average molecular weight is 442 g/mol. The summed E-state index contributed by atoms with van der Waals surface area (Å²) >= 11 is 3.11. The Bertz CT molecular complexity index is 1120. The molecule has 0 unspecified atom stereocenters. The minimum Gasteiger partial charge on any atom is -0.330 e.